The Kier molecular flexibility index (Phi) is 3.84. The number of hydrogen-bond donors (Lipinski definition) is 1. The number of benzene rings is 1. The molecule has 1 aromatic heterocycles. The fourth-order valence-corrected chi connectivity index (χ4v) is 2.02. The Morgan fingerprint density at radius 1 is 1.38 bits per heavy atom. The van der Waals surface area contributed by atoms with Gasteiger partial charge in [-0.3, -0.25) is 14.9 Å². The Balaban J connectivity index is 2.66. The lowest BCUT2D eigenvalue weighted by Crippen LogP contribution is -2.18. The molecule has 0 saturated heterocycles. The van der Waals surface area contributed by atoms with Gasteiger partial charge in [0.1, 0.15) is 5.56 Å². The number of pyridine rings is 1. The van der Waals surface area contributed by atoms with Crippen LogP contribution in [0.15, 0.2) is 41.3 Å². The second-order valence-electron chi connectivity index (χ2n) is 4.34. The number of nitro groups is 1. The molecule has 0 amide bonds. The van der Waals surface area contributed by atoms with Gasteiger partial charge in [0.2, 0.25) is 0 Å². The summed E-state index contributed by atoms with van der Waals surface area (Å²) < 4.78 is 1.57. The zero-order valence-electron chi connectivity index (χ0n) is 11.1. The molecule has 108 valence electrons. The molecule has 0 spiro atoms. The molecule has 0 radical (unpaired) electrons. The number of carboxylic acid groups (broad SMARTS) is 1. The first-order chi connectivity index (χ1) is 9.93. The number of carboxylic acids is 1. The molecule has 0 fully saturated rings. The number of aromatic nitrogens is 1. The molecule has 21 heavy (non-hydrogen) atoms. The molecule has 0 atom stereocenters. The Morgan fingerprint density at radius 3 is 2.67 bits per heavy atom. The topological polar surface area (TPSA) is 102 Å². The highest BCUT2D eigenvalue weighted by Crippen LogP contribution is 2.23. The van der Waals surface area contributed by atoms with Gasteiger partial charge < -0.3 is 9.67 Å². The summed E-state index contributed by atoms with van der Waals surface area (Å²) in [6, 6.07) is 7.04. The molecule has 0 aliphatic heterocycles. The van der Waals surface area contributed by atoms with Gasteiger partial charge in [0.15, 0.2) is 5.43 Å². The second kappa shape index (κ2) is 5.58. The van der Waals surface area contributed by atoms with Crippen LogP contribution in [0.25, 0.3) is 11.3 Å². The van der Waals surface area contributed by atoms with Crippen molar-refractivity contribution >= 4 is 11.7 Å². The van der Waals surface area contributed by atoms with Crippen LogP contribution in [-0.2, 0) is 6.54 Å². The van der Waals surface area contributed by atoms with E-state index in [1.54, 1.807) is 17.6 Å². The van der Waals surface area contributed by atoms with Gasteiger partial charge in [0, 0.05) is 36.5 Å². The second-order valence-corrected chi connectivity index (χ2v) is 4.34. The minimum Gasteiger partial charge on any atom is -0.477 e. The lowest BCUT2D eigenvalue weighted by molar-refractivity contribution is -0.384. The molecule has 0 aliphatic carbocycles. The average Bonchev–Trinajstić information content (AvgIpc) is 2.46. The average molecular weight is 288 g/mol. The van der Waals surface area contributed by atoms with Crippen LogP contribution in [0.1, 0.15) is 17.3 Å². The molecule has 2 rings (SSSR count). The summed E-state index contributed by atoms with van der Waals surface area (Å²) in [6.07, 6.45) is 1.25. The van der Waals surface area contributed by atoms with E-state index >= 15 is 0 Å². The van der Waals surface area contributed by atoms with E-state index in [2.05, 4.69) is 0 Å². The molecule has 7 nitrogen and oxygen atoms in total. The minimum atomic E-state index is -1.30. The molecular weight excluding hydrogens is 276 g/mol. The highest BCUT2D eigenvalue weighted by Gasteiger charge is 2.14. The number of aromatic carboxylic acids is 1. The van der Waals surface area contributed by atoms with Crippen LogP contribution in [0.3, 0.4) is 0 Å². The van der Waals surface area contributed by atoms with Crippen molar-refractivity contribution < 1.29 is 14.8 Å². The third-order valence-electron chi connectivity index (χ3n) is 3.05. The highest BCUT2D eigenvalue weighted by atomic mass is 16.6. The molecule has 1 N–H and O–H groups in total. The van der Waals surface area contributed by atoms with E-state index in [0.29, 0.717) is 17.8 Å². The fourth-order valence-electron chi connectivity index (χ4n) is 2.02. The first-order valence-corrected chi connectivity index (χ1v) is 6.16. The van der Waals surface area contributed by atoms with Crippen LogP contribution in [0.5, 0.6) is 0 Å². The lowest BCUT2D eigenvalue weighted by Gasteiger charge is -2.12. The third-order valence-corrected chi connectivity index (χ3v) is 3.05. The number of carbonyl (C=O) groups is 1. The maximum atomic E-state index is 11.8. The molecule has 0 unspecified atom stereocenters. The summed E-state index contributed by atoms with van der Waals surface area (Å²) in [7, 11) is 0. The van der Waals surface area contributed by atoms with Crippen LogP contribution in [-0.4, -0.2) is 20.6 Å². The molecule has 0 aliphatic rings. The van der Waals surface area contributed by atoms with E-state index in [-0.39, 0.29) is 11.3 Å². The smallest absolute Gasteiger partial charge is 0.341 e. The van der Waals surface area contributed by atoms with Gasteiger partial charge in [-0.25, -0.2) is 4.79 Å². The maximum Gasteiger partial charge on any atom is 0.341 e. The zero-order chi connectivity index (χ0) is 15.6. The molecule has 7 heteroatoms. The van der Waals surface area contributed by atoms with Crippen molar-refractivity contribution in [1.29, 1.82) is 0 Å². The molecule has 1 aromatic carbocycles. The van der Waals surface area contributed by atoms with Gasteiger partial charge in [0.25, 0.3) is 5.69 Å². The maximum absolute atomic E-state index is 11.8. The number of aryl methyl sites for hydroxylation is 1. The Bertz CT molecular complexity index is 779. The minimum absolute atomic E-state index is 0.0927. The van der Waals surface area contributed by atoms with Crippen molar-refractivity contribution in [3.8, 4) is 11.3 Å². The first kappa shape index (κ1) is 14.4. The van der Waals surface area contributed by atoms with Gasteiger partial charge in [-0.05, 0) is 6.92 Å². The van der Waals surface area contributed by atoms with Crippen molar-refractivity contribution in [2.24, 2.45) is 0 Å². The summed E-state index contributed by atoms with van der Waals surface area (Å²) in [5.41, 5.74) is -0.124. The predicted octanol–water partition coefficient (Wildman–Crippen LogP) is 2.14. The predicted molar refractivity (Wildman–Crippen MR) is 75.4 cm³/mol. The van der Waals surface area contributed by atoms with E-state index in [0.717, 1.165) is 0 Å². The largest absolute Gasteiger partial charge is 0.477 e. The Labute approximate surface area is 119 Å². The van der Waals surface area contributed by atoms with Crippen molar-refractivity contribution in [3.05, 3.63) is 62.4 Å². The highest BCUT2D eigenvalue weighted by molar-refractivity contribution is 5.87. The quantitative estimate of drug-likeness (QED) is 0.685. The Hall–Kier alpha value is -2.96. The fraction of sp³-hybridized carbons (Fsp3) is 0.143. The van der Waals surface area contributed by atoms with Gasteiger partial charge in [-0.1, -0.05) is 12.1 Å². The zero-order valence-corrected chi connectivity index (χ0v) is 11.1. The number of non-ortho nitro benzene ring substituents is 1. The van der Waals surface area contributed by atoms with Crippen LogP contribution in [0, 0.1) is 10.1 Å². The van der Waals surface area contributed by atoms with Gasteiger partial charge in [-0.2, -0.15) is 0 Å². The van der Waals surface area contributed by atoms with Crippen LogP contribution < -0.4 is 5.43 Å². The summed E-state index contributed by atoms with van der Waals surface area (Å²) in [4.78, 5) is 33.1. The standard InChI is InChI=1S/C14H12N2O5/c1-2-15-8-11(14(18)19)13(17)7-12(15)9-4-3-5-10(6-9)16(20)21/h3-8H,2H2,1H3,(H,18,19). The molecule has 2 aromatic rings. The summed E-state index contributed by atoms with van der Waals surface area (Å²) in [5, 5.41) is 19.8. The summed E-state index contributed by atoms with van der Waals surface area (Å²) in [5.74, 6) is -1.30. The van der Waals surface area contributed by atoms with Gasteiger partial charge in [0.05, 0.1) is 10.6 Å². The SMILES string of the molecule is CCn1cc(C(=O)O)c(=O)cc1-c1cccc([N+](=O)[O-])c1. The van der Waals surface area contributed by atoms with E-state index in [1.165, 1.54) is 30.5 Å². The summed E-state index contributed by atoms with van der Waals surface area (Å²) >= 11 is 0. The van der Waals surface area contributed by atoms with Crippen molar-refractivity contribution in [2.75, 3.05) is 0 Å². The third kappa shape index (κ3) is 2.81. The van der Waals surface area contributed by atoms with Crippen LogP contribution >= 0.6 is 0 Å². The molecular formula is C14H12N2O5. The number of hydrogen-bond acceptors (Lipinski definition) is 4. The number of rotatable bonds is 4. The first-order valence-electron chi connectivity index (χ1n) is 6.16. The lowest BCUT2D eigenvalue weighted by atomic mass is 10.1. The van der Waals surface area contributed by atoms with Crippen LogP contribution in [0.4, 0.5) is 5.69 Å². The van der Waals surface area contributed by atoms with E-state index in [9.17, 15) is 19.7 Å². The van der Waals surface area contributed by atoms with Crippen molar-refractivity contribution in [3.63, 3.8) is 0 Å². The molecule has 0 saturated carbocycles. The molecule has 0 bridgehead atoms. The summed E-state index contributed by atoms with van der Waals surface area (Å²) in [6.45, 7) is 2.22. The monoisotopic (exact) mass is 288 g/mol. The number of nitro benzene ring substituents is 1. The normalized spacial score (nSPS) is 10.3. The number of nitrogens with zero attached hydrogens (tertiary/aromatic N) is 2. The van der Waals surface area contributed by atoms with Crippen molar-refractivity contribution in [2.45, 2.75) is 13.5 Å². The van der Waals surface area contributed by atoms with Gasteiger partial charge in [-0.15, -0.1) is 0 Å². The Morgan fingerprint density at radius 2 is 2.10 bits per heavy atom. The van der Waals surface area contributed by atoms with E-state index < -0.39 is 16.3 Å². The van der Waals surface area contributed by atoms with E-state index in [4.69, 9.17) is 5.11 Å². The van der Waals surface area contributed by atoms with E-state index in [1.807, 2.05) is 0 Å². The van der Waals surface area contributed by atoms with Gasteiger partial charge >= 0.3 is 5.97 Å². The van der Waals surface area contributed by atoms with Crippen molar-refractivity contribution in [1.82, 2.24) is 4.57 Å². The van der Waals surface area contributed by atoms with Crippen LogP contribution in [0.2, 0.25) is 0 Å². The molecule has 1 heterocycles.